The minimum absolute atomic E-state index is 0.202. The molecule has 0 radical (unpaired) electrons. The second kappa shape index (κ2) is 5.69. The fourth-order valence-electron chi connectivity index (χ4n) is 2.32. The average molecular weight is 257 g/mol. The van der Waals surface area contributed by atoms with Gasteiger partial charge in [0, 0.05) is 25.7 Å². The van der Waals surface area contributed by atoms with Crippen molar-refractivity contribution in [1.29, 1.82) is 0 Å². The standard InChI is InChI=1S/C13H18ClFN2/c1-2-4-10-9-17(8-7-16-10)12-6-3-5-11(14)13(12)15/h3,5-6,10,16H,2,4,7-9H2,1H3. The lowest BCUT2D eigenvalue weighted by molar-refractivity contribution is 0.427. The van der Waals surface area contributed by atoms with Gasteiger partial charge < -0.3 is 10.2 Å². The fraction of sp³-hybridized carbons (Fsp3) is 0.538. The normalized spacial score (nSPS) is 20.6. The highest BCUT2D eigenvalue weighted by atomic mass is 35.5. The molecule has 0 saturated carbocycles. The van der Waals surface area contributed by atoms with Crippen LogP contribution in [0.2, 0.25) is 5.02 Å². The lowest BCUT2D eigenvalue weighted by atomic mass is 10.1. The topological polar surface area (TPSA) is 15.3 Å². The summed E-state index contributed by atoms with van der Waals surface area (Å²) in [6.07, 6.45) is 2.27. The number of rotatable bonds is 3. The number of nitrogens with one attached hydrogen (secondary N) is 1. The first-order valence-electron chi connectivity index (χ1n) is 6.14. The highest BCUT2D eigenvalue weighted by Gasteiger charge is 2.21. The maximum Gasteiger partial charge on any atom is 0.165 e. The van der Waals surface area contributed by atoms with Gasteiger partial charge in [0.25, 0.3) is 0 Å². The molecule has 1 aromatic carbocycles. The van der Waals surface area contributed by atoms with E-state index >= 15 is 0 Å². The van der Waals surface area contributed by atoms with Gasteiger partial charge in [-0.2, -0.15) is 0 Å². The minimum Gasteiger partial charge on any atom is -0.366 e. The summed E-state index contributed by atoms with van der Waals surface area (Å²) in [7, 11) is 0. The Morgan fingerprint density at radius 1 is 1.53 bits per heavy atom. The predicted octanol–water partition coefficient (Wildman–Crippen LogP) is 3.06. The molecule has 1 aliphatic heterocycles. The molecule has 2 rings (SSSR count). The lowest BCUT2D eigenvalue weighted by Crippen LogP contribution is -2.50. The molecular formula is C13H18ClFN2. The summed E-state index contributed by atoms with van der Waals surface area (Å²) in [6.45, 7) is 4.75. The van der Waals surface area contributed by atoms with Crippen LogP contribution in [0.15, 0.2) is 18.2 Å². The quantitative estimate of drug-likeness (QED) is 0.894. The molecule has 0 aliphatic carbocycles. The molecule has 0 amide bonds. The number of piperazine rings is 1. The van der Waals surface area contributed by atoms with Gasteiger partial charge in [0.2, 0.25) is 0 Å². The third kappa shape index (κ3) is 2.90. The van der Waals surface area contributed by atoms with E-state index in [0.717, 1.165) is 32.5 Å². The summed E-state index contributed by atoms with van der Waals surface area (Å²) in [6, 6.07) is 5.64. The summed E-state index contributed by atoms with van der Waals surface area (Å²) in [5.41, 5.74) is 0.625. The molecule has 1 N–H and O–H groups in total. The number of benzene rings is 1. The van der Waals surface area contributed by atoms with Gasteiger partial charge in [0.1, 0.15) is 0 Å². The van der Waals surface area contributed by atoms with Crippen molar-refractivity contribution in [2.75, 3.05) is 24.5 Å². The van der Waals surface area contributed by atoms with Crippen molar-refractivity contribution in [3.05, 3.63) is 29.0 Å². The molecule has 1 heterocycles. The van der Waals surface area contributed by atoms with E-state index < -0.39 is 0 Å². The van der Waals surface area contributed by atoms with E-state index in [1.807, 2.05) is 0 Å². The van der Waals surface area contributed by atoms with Crippen LogP contribution in [0.3, 0.4) is 0 Å². The summed E-state index contributed by atoms with van der Waals surface area (Å²) in [5, 5.41) is 3.66. The molecule has 1 atom stereocenters. The zero-order valence-corrected chi connectivity index (χ0v) is 10.8. The Bertz CT molecular complexity index is 382. The first-order valence-corrected chi connectivity index (χ1v) is 6.52. The Labute approximate surface area is 107 Å². The van der Waals surface area contributed by atoms with Gasteiger partial charge in [0.15, 0.2) is 5.82 Å². The molecule has 0 spiro atoms. The van der Waals surface area contributed by atoms with E-state index in [0.29, 0.717) is 11.7 Å². The van der Waals surface area contributed by atoms with Crippen molar-refractivity contribution in [1.82, 2.24) is 5.32 Å². The van der Waals surface area contributed by atoms with Crippen LogP contribution in [0.25, 0.3) is 0 Å². The van der Waals surface area contributed by atoms with Crippen molar-refractivity contribution in [3.63, 3.8) is 0 Å². The van der Waals surface area contributed by atoms with Crippen LogP contribution in [0.5, 0.6) is 0 Å². The SMILES string of the molecule is CCCC1CN(c2cccc(Cl)c2F)CCN1. The van der Waals surface area contributed by atoms with Crippen molar-refractivity contribution in [2.45, 2.75) is 25.8 Å². The smallest absolute Gasteiger partial charge is 0.165 e. The van der Waals surface area contributed by atoms with E-state index in [9.17, 15) is 4.39 Å². The number of hydrogen-bond donors (Lipinski definition) is 1. The molecule has 2 nitrogen and oxygen atoms in total. The molecule has 17 heavy (non-hydrogen) atoms. The Kier molecular flexibility index (Phi) is 4.24. The molecule has 94 valence electrons. The van der Waals surface area contributed by atoms with Gasteiger partial charge in [-0.05, 0) is 18.6 Å². The molecule has 0 bridgehead atoms. The van der Waals surface area contributed by atoms with E-state index in [1.54, 1.807) is 18.2 Å². The van der Waals surface area contributed by atoms with Crippen molar-refractivity contribution >= 4 is 17.3 Å². The van der Waals surface area contributed by atoms with Crippen molar-refractivity contribution < 1.29 is 4.39 Å². The molecule has 1 unspecified atom stereocenters. The third-order valence-electron chi connectivity index (χ3n) is 3.16. The summed E-state index contributed by atoms with van der Waals surface area (Å²) in [5.74, 6) is -0.300. The maximum atomic E-state index is 13.9. The fourth-order valence-corrected chi connectivity index (χ4v) is 2.49. The van der Waals surface area contributed by atoms with Crippen LogP contribution in [0, 0.1) is 5.82 Å². The van der Waals surface area contributed by atoms with Crippen LogP contribution in [-0.2, 0) is 0 Å². The number of anilines is 1. The summed E-state index contributed by atoms with van der Waals surface area (Å²) in [4.78, 5) is 2.08. The van der Waals surface area contributed by atoms with Gasteiger partial charge in [-0.1, -0.05) is 31.0 Å². The Morgan fingerprint density at radius 2 is 2.35 bits per heavy atom. The van der Waals surface area contributed by atoms with Crippen LogP contribution in [-0.4, -0.2) is 25.7 Å². The summed E-state index contributed by atoms with van der Waals surface area (Å²) >= 11 is 5.81. The van der Waals surface area contributed by atoms with E-state index in [1.165, 1.54) is 0 Å². The molecular weight excluding hydrogens is 239 g/mol. The monoisotopic (exact) mass is 256 g/mol. The van der Waals surface area contributed by atoms with Gasteiger partial charge in [-0.3, -0.25) is 0 Å². The molecule has 1 fully saturated rings. The second-order valence-electron chi connectivity index (χ2n) is 4.46. The second-order valence-corrected chi connectivity index (χ2v) is 4.87. The van der Waals surface area contributed by atoms with Crippen LogP contribution < -0.4 is 10.2 Å². The van der Waals surface area contributed by atoms with Crippen molar-refractivity contribution in [2.24, 2.45) is 0 Å². The molecule has 1 aliphatic rings. The van der Waals surface area contributed by atoms with Crippen LogP contribution in [0.1, 0.15) is 19.8 Å². The number of halogens is 2. The zero-order chi connectivity index (χ0) is 12.3. The average Bonchev–Trinajstić information content (AvgIpc) is 2.33. The van der Waals surface area contributed by atoms with Gasteiger partial charge >= 0.3 is 0 Å². The molecule has 1 saturated heterocycles. The first kappa shape index (κ1) is 12.7. The lowest BCUT2D eigenvalue weighted by Gasteiger charge is -2.35. The Balaban J connectivity index is 2.13. The zero-order valence-electron chi connectivity index (χ0n) is 10.0. The maximum absolute atomic E-state index is 13.9. The predicted molar refractivity (Wildman–Crippen MR) is 70.3 cm³/mol. The highest BCUT2D eigenvalue weighted by Crippen LogP contribution is 2.26. The van der Waals surface area contributed by atoms with E-state index in [-0.39, 0.29) is 10.8 Å². The minimum atomic E-state index is -0.300. The first-order chi connectivity index (χ1) is 8.22. The summed E-state index contributed by atoms with van der Waals surface area (Å²) < 4.78 is 13.9. The highest BCUT2D eigenvalue weighted by molar-refractivity contribution is 6.31. The molecule has 1 aromatic rings. The van der Waals surface area contributed by atoms with E-state index in [2.05, 4.69) is 17.1 Å². The molecule has 0 aromatic heterocycles. The molecule has 4 heteroatoms. The van der Waals surface area contributed by atoms with Crippen LogP contribution >= 0.6 is 11.6 Å². The van der Waals surface area contributed by atoms with Gasteiger partial charge in [0.05, 0.1) is 10.7 Å². The third-order valence-corrected chi connectivity index (χ3v) is 3.46. The van der Waals surface area contributed by atoms with E-state index in [4.69, 9.17) is 11.6 Å². The Morgan fingerprint density at radius 3 is 3.12 bits per heavy atom. The van der Waals surface area contributed by atoms with Gasteiger partial charge in [-0.25, -0.2) is 4.39 Å². The largest absolute Gasteiger partial charge is 0.366 e. The van der Waals surface area contributed by atoms with Gasteiger partial charge in [-0.15, -0.1) is 0 Å². The van der Waals surface area contributed by atoms with Crippen molar-refractivity contribution in [3.8, 4) is 0 Å². The Hall–Kier alpha value is -0.800. The van der Waals surface area contributed by atoms with Crippen LogP contribution in [0.4, 0.5) is 10.1 Å². The number of hydrogen-bond acceptors (Lipinski definition) is 2. The number of nitrogens with zero attached hydrogens (tertiary/aromatic N) is 1.